The van der Waals surface area contributed by atoms with Gasteiger partial charge in [-0.15, -0.1) is 0 Å². The molecular formula is C17H27NO3S. The lowest BCUT2D eigenvalue weighted by Gasteiger charge is -2.22. The van der Waals surface area contributed by atoms with Crippen LogP contribution in [-0.4, -0.2) is 21.1 Å². The molecule has 1 aromatic rings. The van der Waals surface area contributed by atoms with Crippen molar-refractivity contribution in [1.29, 1.82) is 0 Å². The van der Waals surface area contributed by atoms with Gasteiger partial charge in [0.25, 0.3) is 0 Å². The van der Waals surface area contributed by atoms with Crippen LogP contribution in [0.25, 0.3) is 0 Å². The predicted octanol–water partition coefficient (Wildman–Crippen LogP) is 3.60. The van der Waals surface area contributed by atoms with Crippen molar-refractivity contribution in [3.63, 3.8) is 0 Å². The fourth-order valence-corrected chi connectivity index (χ4v) is 4.26. The topological polar surface area (TPSA) is 55.4 Å². The van der Waals surface area contributed by atoms with Crippen LogP contribution in [0.15, 0.2) is 23.1 Å². The van der Waals surface area contributed by atoms with Crippen molar-refractivity contribution in [3.8, 4) is 5.75 Å². The minimum Gasteiger partial charge on any atom is -0.492 e. The van der Waals surface area contributed by atoms with Crippen LogP contribution in [0.2, 0.25) is 0 Å². The molecule has 124 valence electrons. The molecule has 0 radical (unpaired) electrons. The van der Waals surface area contributed by atoms with Gasteiger partial charge in [-0.25, -0.2) is 13.1 Å². The minimum atomic E-state index is -3.55. The Morgan fingerprint density at radius 3 is 2.41 bits per heavy atom. The van der Waals surface area contributed by atoms with Gasteiger partial charge in [0.2, 0.25) is 10.0 Å². The number of rotatable bonds is 5. The van der Waals surface area contributed by atoms with Gasteiger partial charge in [-0.2, -0.15) is 0 Å². The molecule has 4 nitrogen and oxygen atoms in total. The summed E-state index contributed by atoms with van der Waals surface area (Å²) in [6.07, 6.45) is 4.02. The van der Waals surface area contributed by atoms with Gasteiger partial charge in [0.1, 0.15) is 10.6 Å². The molecule has 1 aliphatic rings. The molecule has 0 spiro atoms. The monoisotopic (exact) mass is 325 g/mol. The van der Waals surface area contributed by atoms with Gasteiger partial charge in [0.15, 0.2) is 0 Å². The Morgan fingerprint density at radius 1 is 1.23 bits per heavy atom. The van der Waals surface area contributed by atoms with E-state index in [0.29, 0.717) is 12.4 Å². The van der Waals surface area contributed by atoms with Crippen molar-refractivity contribution in [2.45, 2.75) is 69.7 Å². The molecule has 0 amide bonds. The SMILES string of the molecule is CCOc1ccc(C(C)(C)C)cc1S(=O)(=O)NC1CCCC1. The van der Waals surface area contributed by atoms with Crippen molar-refractivity contribution >= 4 is 10.0 Å². The van der Waals surface area contributed by atoms with E-state index in [1.807, 2.05) is 13.0 Å². The van der Waals surface area contributed by atoms with Gasteiger partial charge < -0.3 is 4.74 Å². The first-order valence-electron chi connectivity index (χ1n) is 8.03. The number of ether oxygens (including phenoxy) is 1. The molecule has 1 saturated carbocycles. The minimum absolute atomic E-state index is 0.0535. The van der Waals surface area contributed by atoms with E-state index in [1.165, 1.54) is 0 Å². The van der Waals surface area contributed by atoms with Crippen LogP contribution in [0.1, 0.15) is 58.9 Å². The first-order valence-corrected chi connectivity index (χ1v) is 9.52. The van der Waals surface area contributed by atoms with Crippen molar-refractivity contribution in [1.82, 2.24) is 4.72 Å². The van der Waals surface area contributed by atoms with Gasteiger partial charge in [0.05, 0.1) is 6.61 Å². The van der Waals surface area contributed by atoms with Crippen molar-refractivity contribution in [2.24, 2.45) is 0 Å². The molecule has 2 rings (SSSR count). The number of nitrogens with one attached hydrogen (secondary N) is 1. The first-order chi connectivity index (χ1) is 10.2. The van der Waals surface area contributed by atoms with Crippen LogP contribution in [-0.2, 0) is 15.4 Å². The number of hydrogen-bond acceptors (Lipinski definition) is 3. The standard InChI is InChI=1S/C17H27NO3S/c1-5-21-15-11-10-13(17(2,3)4)12-16(15)22(19,20)18-14-8-6-7-9-14/h10-12,14,18H,5-9H2,1-4H3. The third kappa shape index (κ3) is 4.02. The summed E-state index contributed by atoms with van der Waals surface area (Å²) in [6, 6.07) is 5.52. The van der Waals surface area contributed by atoms with E-state index in [9.17, 15) is 8.42 Å². The molecule has 0 heterocycles. The smallest absolute Gasteiger partial charge is 0.244 e. The zero-order valence-corrected chi connectivity index (χ0v) is 14.8. The first kappa shape index (κ1) is 17.3. The summed E-state index contributed by atoms with van der Waals surface area (Å²) in [5, 5.41) is 0. The summed E-state index contributed by atoms with van der Waals surface area (Å²) in [5.74, 6) is 0.431. The maximum Gasteiger partial charge on any atom is 0.244 e. The van der Waals surface area contributed by atoms with E-state index in [2.05, 4.69) is 25.5 Å². The summed E-state index contributed by atoms with van der Waals surface area (Å²) >= 11 is 0. The van der Waals surface area contributed by atoms with Crippen LogP contribution >= 0.6 is 0 Å². The fourth-order valence-electron chi connectivity index (χ4n) is 2.79. The zero-order chi connectivity index (χ0) is 16.4. The van der Waals surface area contributed by atoms with Crippen LogP contribution in [0, 0.1) is 0 Å². The number of hydrogen-bond donors (Lipinski definition) is 1. The molecule has 0 aliphatic heterocycles. The summed E-state index contributed by atoms with van der Waals surface area (Å²) in [5.41, 5.74) is 0.880. The largest absolute Gasteiger partial charge is 0.492 e. The molecule has 1 N–H and O–H groups in total. The average molecular weight is 325 g/mol. The van der Waals surface area contributed by atoms with E-state index in [-0.39, 0.29) is 16.4 Å². The Morgan fingerprint density at radius 2 is 1.86 bits per heavy atom. The van der Waals surface area contributed by atoms with E-state index in [1.54, 1.807) is 12.1 Å². The van der Waals surface area contributed by atoms with Crippen LogP contribution < -0.4 is 9.46 Å². The second-order valence-electron chi connectivity index (χ2n) is 6.95. The average Bonchev–Trinajstić information content (AvgIpc) is 2.90. The number of sulfonamides is 1. The van der Waals surface area contributed by atoms with Crippen LogP contribution in [0.5, 0.6) is 5.75 Å². The highest BCUT2D eigenvalue weighted by Crippen LogP contribution is 2.31. The maximum absolute atomic E-state index is 12.8. The highest BCUT2D eigenvalue weighted by atomic mass is 32.2. The Kier molecular flexibility index (Phi) is 5.17. The molecule has 0 unspecified atom stereocenters. The molecule has 1 fully saturated rings. The summed E-state index contributed by atoms with van der Waals surface area (Å²) in [4.78, 5) is 0.258. The molecule has 0 saturated heterocycles. The van der Waals surface area contributed by atoms with Gasteiger partial charge in [-0.1, -0.05) is 39.7 Å². The van der Waals surface area contributed by atoms with E-state index >= 15 is 0 Å². The summed E-state index contributed by atoms with van der Waals surface area (Å²) in [7, 11) is -3.55. The Balaban J connectivity index is 2.40. The summed E-state index contributed by atoms with van der Waals surface area (Å²) in [6.45, 7) is 8.52. The molecule has 22 heavy (non-hydrogen) atoms. The highest BCUT2D eigenvalue weighted by molar-refractivity contribution is 7.89. The molecule has 1 aliphatic carbocycles. The Bertz CT molecular complexity index is 611. The predicted molar refractivity (Wildman–Crippen MR) is 88.9 cm³/mol. The van der Waals surface area contributed by atoms with E-state index in [0.717, 1.165) is 31.2 Å². The summed E-state index contributed by atoms with van der Waals surface area (Å²) < 4.78 is 33.9. The van der Waals surface area contributed by atoms with E-state index < -0.39 is 10.0 Å². The Hall–Kier alpha value is -1.07. The maximum atomic E-state index is 12.8. The molecule has 0 bridgehead atoms. The molecule has 0 atom stereocenters. The second-order valence-corrected chi connectivity index (χ2v) is 8.63. The molecule has 5 heteroatoms. The lowest BCUT2D eigenvalue weighted by Crippen LogP contribution is -2.33. The Labute approximate surface area is 134 Å². The van der Waals surface area contributed by atoms with Crippen molar-refractivity contribution < 1.29 is 13.2 Å². The van der Waals surface area contributed by atoms with Crippen LogP contribution in [0.4, 0.5) is 0 Å². The zero-order valence-electron chi connectivity index (χ0n) is 14.0. The highest BCUT2D eigenvalue weighted by Gasteiger charge is 2.27. The van der Waals surface area contributed by atoms with Crippen molar-refractivity contribution in [2.75, 3.05) is 6.61 Å². The quantitative estimate of drug-likeness (QED) is 0.900. The van der Waals surface area contributed by atoms with Gasteiger partial charge in [-0.05, 0) is 42.9 Å². The second kappa shape index (κ2) is 6.59. The van der Waals surface area contributed by atoms with Gasteiger partial charge in [0, 0.05) is 6.04 Å². The van der Waals surface area contributed by atoms with Gasteiger partial charge >= 0.3 is 0 Å². The van der Waals surface area contributed by atoms with Gasteiger partial charge in [-0.3, -0.25) is 0 Å². The molecular weight excluding hydrogens is 298 g/mol. The van der Waals surface area contributed by atoms with Crippen molar-refractivity contribution in [3.05, 3.63) is 23.8 Å². The molecule has 1 aromatic carbocycles. The third-order valence-corrected chi connectivity index (χ3v) is 5.62. The normalized spacial score (nSPS) is 16.9. The lowest BCUT2D eigenvalue weighted by molar-refractivity contribution is 0.330. The fraction of sp³-hybridized carbons (Fsp3) is 0.647. The van der Waals surface area contributed by atoms with Crippen LogP contribution in [0.3, 0.4) is 0 Å². The lowest BCUT2D eigenvalue weighted by atomic mass is 9.87. The number of benzene rings is 1. The molecule has 0 aromatic heterocycles. The third-order valence-electron chi connectivity index (χ3n) is 4.08. The van der Waals surface area contributed by atoms with E-state index in [4.69, 9.17) is 4.74 Å².